The molecule has 1 aromatic carbocycles. The first-order valence-electron chi connectivity index (χ1n) is 8.09. The third-order valence-electron chi connectivity index (χ3n) is 3.81. The van der Waals surface area contributed by atoms with Crippen molar-refractivity contribution in [1.82, 2.24) is 5.32 Å². The van der Waals surface area contributed by atoms with Gasteiger partial charge < -0.3 is 25.3 Å². The van der Waals surface area contributed by atoms with Gasteiger partial charge in [0.2, 0.25) is 0 Å². The second-order valence-corrected chi connectivity index (χ2v) is 5.70. The van der Waals surface area contributed by atoms with Crippen LogP contribution in [0.2, 0.25) is 0 Å². The highest BCUT2D eigenvalue weighted by molar-refractivity contribution is 5.91. The predicted molar refractivity (Wildman–Crippen MR) is 88.9 cm³/mol. The molecule has 7 heteroatoms. The maximum atomic E-state index is 12.2. The van der Waals surface area contributed by atoms with Gasteiger partial charge in [0.1, 0.15) is 11.9 Å². The zero-order chi connectivity index (χ0) is 17.4. The van der Waals surface area contributed by atoms with Crippen LogP contribution in [-0.2, 0) is 14.3 Å². The third-order valence-corrected chi connectivity index (χ3v) is 3.81. The first-order chi connectivity index (χ1) is 11.6. The van der Waals surface area contributed by atoms with E-state index in [0.717, 1.165) is 25.7 Å². The summed E-state index contributed by atoms with van der Waals surface area (Å²) in [5.41, 5.74) is 6.56. The van der Waals surface area contributed by atoms with Crippen LogP contribution in [0.15, 0.2) is 18.2 Å². The molecular weight excluding hydrogens is 312 g/mol. The topological polar surface area (TPSA) is 99.9 Å². The summed E-state index contributed by atoms with van der Waals surface area (Å²) in [6.45, 7) is 0.646. The molecule has 132 valence electrons. The van der Waals surface area contributed by atoms with Crippen LogP contribution in [0, 0.1) is 0 Å². The number of nitrogens with one attached hydrogen (secondary N) is 1. The monoisotopic (exact) mass is 336 g/mol. The van der Waals surface area contributed by atoms with Crippen molar-refractivity contribution in [3.63, 3.8) is 0 Å². The van der Waals surface area contributed by atoms with Gasteiger partial charge in [0.25, 0.3) is 5.91 Å². The van der Waals surface area contributed by atoms with Crippen LogP contribution in [0.1, 0.15) is 36.0 Å². The molecule has 24 heavy (non-hydrogen) atoms. The lowest BCUT2D eigenvalue weighted by Gasteiger charge is -2.13. The molecule has 0 bridgehead atoms. The number of carbonyl (C=O) groups excluding carboxylic acids is 2. The molecule has 1 fully saturated rings. The number of carbonyl (C=O) groups is 2. The summed E-state index contributed by atoms with van der Waals surface area (Å²) in [6, 6.07) is 4.68. The number of nitrogen functional groups attached to an aromatic ring is 1. The van der Waals surface area contributed by atoms with Crippen molar-refractivity contribution in [1.29, 1.82) is 0 Å². The van der Waals surface area contributed by atoms with Crippen molar-refractivity contribution in [2.75, 3.05) is 32.6 Å². The molecule has 0 atom stereocenters. The number of methoxy groups -OCH3 is 1. The lowest BCUT2D eigenvalue weighted by atomic mass is 10.2. The third kappa shape index (κ3) is 5.42. The summed E-state index contributed by atoms with van der Waals surface area (Å²) < 4.78 is 15.7. The second kappa shape index (κ2) is 9.12. The van der Waals surface area contributed by atoms with Crippen molar-refractivity contribution in [2.24, 2.45) is 0 Å². The van der Waals surface area contributed by atoms with E-state index in [2.05, 4.69) is 5.32 Å². The van der Waals surface area contributed by atoms with Crippen molar-refractivity contribution in [3.05, 3.63) is 23.8 Å². The SMILES string of the molecule is COCCNC(=O)COc1cc(C(=O)OC2CCCC2)ccc1N. The average molecular weight is 336 g/mol. The van der Waals surface area contributed by atoms with Crippen LogP contribution in [0.4, 0.5) is 5.69 Å². The van der Waals surface area contributed by atoms with Crippen LogP contribution in [0.3, 0.4) is 0 Å². The van der Waals surface area contributed by atoms with Crippen molar-refractivity contribution in [2.45, 2.75) is 31.8 Å². The van der Waals surface area contributed by atoms with Crippen molar-refractivity contribution < 1.29 is 23.8 Å². The molecule has 0 spiro atoms. The minimum absolute atomic E-state index is 0.00835. The first-order valence-corrected chi connectivity index (χ1v) is 8.09. The molecule has 0 radical (unpaired) electrons. The Bertz CT molecular complexity index is 570. The molecule has 1 saturated carbocycles. The maximum Gasteiger partial charge on any atom is 0.338 e. The molecule has 1 aliphatic rings. The molecule has 7 nitrogen and oxygen atoms in total. The molecule has 1 amide bonds. The molecule has 1 aromatic rings. The van der Waals surface area contributed by atoms with E-state index in [1.165, 1.54) is 6.07 Å². The molecule has 0 aliphatic heterocycles. The highest BCUT2D eigenvalue weighted by atomic mass is 16.5. The Balaban J connectivity index is 1.90. The summed E-state index contributed by atoms with van der Waals surface area (Å²) in [5, 5.41) is 2.64. The van der Waals surface area contributed by atoms with Gasteiger partial charge in [0.15, 0.2) is 6.61 Å². The van der Waals surface area contributed by atoms with Gasteiger partial charge in [-0.05, 0) is 43.9 Å². The van der Waals surface area contributed by atoms with E-state index in [-0.39, 0.29) is 24.4 Å². The number of esters is 1. The molecule has 0 unspecified atom stereocenters. The van der Waals surface area contributed by atoms with Gasteiger partial charge in [-0.15, -0.1) is 0 Å². The van der Waals surface area contributed by atoms with Gasteiger partial charge in [-0.25, -0.2) is 4.79 Å². The maximum absolute atomic E-state index is 12.2. The standard InChI is InChI=1S/C17H24N2O5/c1-22-9-8-19-16(20)11-23-15-10-12(6-7-14(15)18)17(21)24-13-4-2-3-5-13/h6-7,10,13H,2-5,8-9,11,18H2,1H3,(H,19,20). The Kier molecular flexibility index (Phi) is 6.87. The van der Waals surface area contributed by atoms with E-state index < -0.39 is 5.97 Å². The van der Waals surface area contributed by atoms with Crippen LogP contribution in [0.25, 0.3) is 0 Å². The van der Waals surface area contributed by atoms with Gasteiger partial charge in [0.05, 0.1) is 17.9 Å². The highest BCUT2D eigenvalue weighted by Gasteiger charge is 2.20. The van der Waals surface area contributed by atoms with Crippen molar-refractivity contribution >= 4 is 17.6 Å². The summed E-state index contributed by atoms with van der Waals surface area (Å²) in [6.07, 6.45) is 3.99. The van der Waals surface area contributed by atoms with E-state index in [1.807, 2.05) is 0 Å². The van der Waals surface area contributed by atoms with E-state index in [4.69, 9.17) is 19.9 Å². The largest absolute Gasteiger partial charge is 0.482 e. The zero-order valence-corrected chi connectivity index (χ0v) is 13.9. The number of hydrogen-bond acceptors (Lipinski definition) is 6. The number of nitrogens with two attached hydrogens (primary N) is 1. The molecule has 0 aromatic heterocycles. The van der Waals surface area contributed by atoms with E-state index in [0.29, 0.717) is 24.4 Å². The number of anilines is 1. The Morgan fingerprint density at radius 3 is 2.75 bits per heavy atom. The van der Waals surface area contributed by atoms with E-state index in [9.17, 15) is 9.59 Å². The fourth-order valence-corrected chi connectivity index (χ4v) is 2.50. The number of ether oxygens (including phenoxy) is 3. The highest BCUT2D eigenvalue weighted by Crippen LogP contribution is 2.25. The van der Waals surface area contributed by atoms with E-state index in [1.54, 1.807) is 19.2 Å². The smallest absolute Gasteiger partial charge is 0.338 e. The summed E-state index contributed by atoms with van der Waals surface area (Å²) >= 11 is 0. The number of benzene rings is 1. The molecule has 0 saturated heterocycles. The normalized spacial score (nSPS) is 14.4. The molecule has 3 N–H and O–H groups in total. The molecule has 2 rings (SSSR count). The average Bonchev–Trinajstić information content (AvgIpc) is 3.07. The minimum Gasteiger partial charge on any atom is -0.482 e. The molecular formula is C17H24N2O5. The Labute approximate surface area is 141 Å². The van der Waals surface area contributed by atoms with Crippen LogP contribution in [0.5, 0.6) is 5.75 Å². The van der Waals surface area contributed by atoms with Crippen LogP contribution >= 0.6 is 0 Å². The zero-order valence-electron chi connectivity index (χ0n) is 13.9. The summed E-state index contributed by atoms with van der Waals surface area (Å²) in [5.74, 6) is -0.389. The number of rotatable bonds is 8. The van der Waals surface area contributed by atoms with Gasteiger partial charge >= 0.3 is 5.97 Å². The van der Waals surface area contributed by atoms with Gasteiger partial charge in [-0.2, -0.15) is 0 Å². The lowest BCUT2D eigenvalue weighted by Crippen LogP contribution is -2.31. The fourth-order valence-electron chi connectivity index (χ4n) is 2.50. The quantitative estimate of drug-likeness (QED) is 0.424. The van der Waals surface area contributed by atoms with Crippen molar-refractivity contribution in [3.8, 4) is 5.75 Å². The minimum atomic E-state index is -0.392. The Morgan fingerprint density at radius 2 is 2.04 bits per heavy atom. The number of hydrogen-bond donors (Lipinski definition) is 2. The fraction of sp³-hybridized carbons (Fsp3) is 0.529. The van der Waals surface area contributed by atoms with E-state index >= 15 is 0 Å². The van der Waals surface area contributed by atoms with Gasteiger partial charge in [-0.3, -0.25) is 4.79 Å². The molecule has 0 heterocycles. The van der Waals surface area contributed by atoms with Crippen LogP contribution in [-0.4, -0.2) is 44.8 Å². The van der Waals surface area contributed by atoms with Gasteiger partial charge in [0, 0.05) is 13.7 Å². The molecule has 1 aliphatic carbocycles. The predicted octanol–water partition coefficient (Wildman–Crippen LogP) is 1.51. The lowest BCUT2D eigenvalue weighted by molar-refractivity contribution is -0.123. The number of amides is 1. The van der Waals surface area contributed by atoms with Gasteiger partial charge in [-0.1, -0.05) is 0 Å². The van der Waals surface area contributed by atoms with Crippen LogP contribution < -0.4 is 15.8 Å². The summed E-state index contributed by atoms with van der Waals surface area (Å²) in [4.78, 5) is 23.8. The second-order valence-electron chi connectivity index (χ2n) is 5.70. The first kappa shape index (κ1) is 18.1. The summed E-state index contributed by atoms with van der Waals surface area (Å²) in [7, 11) is 1.56. The Hall–Kier alpha value is -2.28. The Morgan fingerprint density at radius 1 is 1.29 bits per heavy atom.